The summed E-state index contributed by atoms with van der Waals surface area (Å²) in [7, 11) is 4.53. The number of benzene rings is 2. The van der Waals surface area contributed by atoms with E-state index in [2.05, 4.69) is 15.6 Å². The Balaban J connectivity index is 1.48. The van der Waals surface area contributed by atoms with Crippen molar-refractivity contribution in [1.29, 1.82) is 0 Å². The maximum atomic E-state index is 13.2. The van der Waals surface area contributed by atoms with Gasteiger partial charge >= 0.3 is 5.95 Å². The molecular weight excluding hydrogens is 486 g/mol. The van der Waals surface area contributed by atoms with E-state index in [1.165, 1.54) is 14.2 Å². The number of nitrogens with one attached hydrogen (secondary N) is 2. The van der Waals surface area contributed by atoms with E-state index in [9.17, 15) is 14.4 Å². The molecule has 0 aliphatic heterocycles. The normalized spacial score (nSPS) is 10.9. The average Bonchev–Trinajstić information content (AvgIpc) is 3.48. The third-order valence-corrected chi connectivity index (χ3v) is 6.15. The van der Waals surface area contributed by atoms with Crippen LogP contribution in [0.3, 0.4) is 0 Å². The quantitative estimate of drug-likeness (QED) is 0.357. The first-order valence-electron chi connectivity index (χ1n) is 11.8. The van der Waals surface area contributed by atoms with E-state index >= 15 is 0 Å². The lowest BCUT2D eigenvalue weighted by atomic mass is 10.0. The van der Waals surface area contributed by atoms with Crippen LogP contribution in [0.4, 0.5) is 5.69 Å². The Kier molecular flexibility index (Phi) is 6.29. The zero-order valence-electron chi connectivity index (χ0n) is 21.2. The number of methoxy groups -OCH3 is 1. The van der Waals surface area contributed by atoms with Gasteiger partial charge in [-0.15, -0.1) is 0 Å². The van der Waals surface area contributed by atoms with E-state index < -0.39 is 5.91 Å². The van der Waals surface area contributed by atoms with Gasteiger partial charge in [-0.3, -0.25) is 14.4 Å². The lowest BCUT2D eigenvalue weighted by molar-refractivity contribution is 0.0961. The molecule has 0 saturated carbocycles. The van der Waals surface area contributed by atoms with Crippen molar-refractivity contribution in [3.8, 4) is 28.2 Å². The van der Waals surface area contributed by atoms with Gasteiger partial charge in [0, 0.05) is 43.3 Å². The Bertz CT molecular complexity index is 1740. The molecule has 0 unspecified atom stereocenters. The summed E-state index contributed by atoms with van der Waals surface area (Å²) in [4.78, 5) is 42.2. The number of carbonyl (C=O) groups is 2. The van der Waals surface area contributed by atoms with Crippen LogP contribution in [0.1, 0.15) is 26.5 Å². The summed E-state index contributed by atoms with van der Waals surface area (Å²) >= 11 is 0. The van der Waals surface area contributed by atoms with Gasteiger partial charge in [0.25, 0.3) is 17.4 Å². The second kappa shape index (κ2) is 9.74. The van der Waals surface area contributed by atoms with Crippen LogP contribution >= 0.6 is 0 Å². The van der Waals surface area contributed by atoms with Crippen LogP contribution in [0.2, 0.25) is 0 Å². The zero-order valence-corrected chi connectivity index (χ0v) is 21.2. The van der Waals surface area contributed by atoms with Crippen LogP contribution in [0.25, 0.3) is 27.8 Å². The monoisotopic (exact) mass is 511 g/mol. The largest absolute Gasteiger partial charge is 0.467 e. The molecule has 5 rings (SSSR count). The van der Waals surface area contributed by atoms with Crippen molar-refractivity contribution in [3.05, 3.63) is 94.3 Å². The summed E-state index contributed by atoms with van der Waals surface area (Å²) < 4.78 is 13.5. The molecule has 3 heterocycles. The minimum Gasteiger partial charge on any atom is -0.467 e. The van der Waals surface area contributed by atoms with Gasteiger partial charge in [0.15, 0.2) is 5.69 Å². The van der Waals surface area contributed by atoms with Gasteiger partial charge in [-0.05, 0) is 42.3 Å². The summed E-state index contributed by atoms with van der Waals surface area (Å²) in [5.41, 5.74) is 4.95. The van der Waals surface area contributed by atoms with Crippen molar-refractivity contribution in [2.24, 2.45) is 7.05 Å². The summed E-state index contributed by atoms with van der Waals surface area (Å²) in [6.07, 6.45) is 3.76. The second-order valence-electron chi connectivity index (χ2n) is 8.70. The van der Waals surface area contributed by atoms with Crippen molar-refractivity contribution in [3.63, 3.8) is 0 Å². The number of nitrogens with zero attached hydrogens (tertiary/aromatic N) is 3. The van der Waals surface area contributed by atoms with Crippen LogP contribution in [0, 0.1) is 6.92 Å². The van der Waals surface area contributed by atoms with E-state index in [1.807, 2.05) is 54.0 Å². The van der Waals surface area contributed by atoms with E-state index in [4.69, 9.17) is 9.26 Å². The first-order valence-corrected chi connectivity index (χ1v) is 11.8. The molecule has 0 aliphatic rings. The number of anilines is 1. The molecule has 2 amide bonds. The highest BCUT2D eigenvalue weighted by Gasteiger charge is 2.19. The molecular formula is C28H25N5O5. The van der Waals surface area contributed by atoms with Crippen molar-refractivity contribution < 1.29 is 18.8 Å². The summed E-state index contributed by atoms with van der Waals surface area (Å²) in [5, 5.41) is 5.41. The molecule has 0 aliphatic carbocycles. The minimum atomic E-state index is -0.393. The van der Waals surface area contributed by atoms with E-state index in [-0.39, 0.29) is 23.1 Å². The van der Waals surface area contributed by atoms with E-state index in [1.54, 1.807) is 31.3 Å². The van der Waals surface area contributed by atoms with Gasteiger partial charge in [0.1, 0.15) is 5.56 Å². The van der Waals surface area contributed by atoms with Crippen molar-refractivity contribution in [2.45, 2.75) is 6.92 Å². The highest BCUT2D eigenvalue weighted by atomic mass is 16.6. The Labute approximate surface area is 217 Å². The number of amides is 2. The van der Waals surface area contributed by atoms with Crippen LogP contribution in [-0.4, -0.2) is 40.1 Å². The van der Waals surface area contributed by atoms with Crippen LogP contribution in [-0.2, 0) is 7.05 Å². The molecule has 2 N–H and O–H groups in total. The minimum absolute atomic E-state index is 0.151. The number of rotatable bonds is 6. The molecule has 0 saturated heterocycles. The van der Waals surface area contributed by atoms with Gasteiger partial charge in [0.2, 0.25) is 0 Å². The Morgan fingerprint density at radius 1 is 0.974 bits per heavy atom. The van der Waals surface area contributed by atoms with Crippen molar-refractivity contribution in [1.82, 2.24) is 19.4 Å². The molecule has 2 aromatic carbocycles. The molecule has 10 heteroatoms. The van der Waals surface area contributed by atoms with Gasteiger partial charge in [0.05, 0.1) is 18.3 Å². The van der Waals surface area contributed by atoms with Crippen molar-refractivity contribution in [2.75, 3.05) is 19.5 Å². The van der Waals surface area contributed by atoms with Crippen LogP contribution in [0.15, 0.2) is 76.3 Å². The second-order valence-corrected chi connectivity index (χ2v) is 8.70. The number of aryl methyl sites for hydroxylation is 2. The molecule has 0 radical (unpaired) electrons. The van der Waals surface area contributed by atoms with E-state index in [0.29, 0.717) is 33.6 Å². The number of hydrogen-bond donors (Lipinski definition) is 2. The topological polar surface area (TPSA) is 120 Å². The summed E-state index contributed by atoms with van der Waals surface area (Å²) in [5.74, 6) is -0.487. The Hall–Kier alpha value is -5.12. The molecule has 0 atom stereocenters. The molecule has 0 spiro atoms. The highest BCUT2D eigenvalue weighted by molar-refractivity contribution is 6.08. The molecule has 192 valence electrons. The Morgan fingerprint density at radius 3 is 2.42 bits per heavy atom. The lowest BCUT2D eigenvalue weighted by Crippen LogP contribution is -2.19. The maximum absolute atomic E-state index is 13.2. The van der Waals surface area contributed by atoms with Crippen molar-refractivity contribution >= 4 is 23.0 Å². The number of hydrogen-bond acceptors (Lipinski definition) is 6. The van der Waals surface area contributed by atoms with Gasteiger partial charge in [-0.2, -0.15) is 4.74 Å². The summed E-state index contributed by atoms with van der Waals surface area (Å²) in [6.45, 7) is 1.82. The molecule has 5 aromatic rings. The van der Waals surface area contributed by atoms with Gasteiger partial charge in [-0.1, -0.05) is 30.3 Å². The first kappa shape index (κ1) is 24.6. The average molecular weight is 512 g/mol. The van der Waals surface area contributed by atoms with Crippen LogP contribution in [0.5, 0.6) is 5.95 Å². The smallest absolute Gasteiger partial charge is 0.320 e. The lowest BCUT2D eigenvalue weighted by Gasteiger charge is -2.09. The number of fused-ring (bicyclic) bond motifs is 1. The SMILES string of the molecule is CNC(=O)c1cccc(NC(=O)c2nc(C)cn3cc(-c4ccc(-c5c(OC)on(C)c5=O)cc4)cc23)c1. The predicted molar refractivity (Wildman–Crippen MR) is 143 cm³/mol. The molecule has 3 aromatic heterocycles. The third kappa shape index (κ3) is 4.43. The number of aromatic nitrogens is 3. The highest BCUT2D eigenvalue weighted by Crippen LogP contribution is 2.30. The third-order valence-electron chi connectivity index (χ3n) is 6.15. The fraction of sp³-hybridized carbons (Fsp3) is 0.143. The number of ether oxygens (including phenoxy) is 1. The fourth-order valence-corrected chi connectivity index (χ4v) is 4.30. The Morgan fingerprint density at radius 2 is 1.71 bits per heavy atom. The zero-order chi connectivity index (χ0) is 27.0. The van der Waals surface area contributed by atoms with Gasteiger partial charge < -0.3 is 24.3 Å². The number of carbonyl (C=O) groups excluding carboxylic acids is 2. The maximum Gasteiger partial charge on any atom is 0.320 e. The molecule has 38 heavy (non-hydrogen) atoms. The summed E-state index contributed by atoms with van der Waals surface area (Å²) in [6, 6.07) is 16.0. The van der Waals surface area contributed by atoms with Crippen LogP contribution < -0.4 is 20.9 Å². The molecule has 10 nitrogen and oxygen atoms in total. The first-order chi connectivity index (χ1) is 18.3. The van der Waals surface area contributed by atoms with Gasteiger partial charge in [-0.25, -0.2) is 4.98 Å². The fourth-order valence-electron chi connectivity index (χ4n) is 4.30. The van der Waals surface area contributed by atoms with E-state index in [0.717, 1.165) is 15.9 Å². The predicted octanol–water partition coefficient (Wildman–Crippen LogP) is 3.89. The molecule has 0 bridgehead atoms. The standard InChI is InChI=1S/C28H25N5O5/c1-16-14-33-15-20(17-8-10-18(11-9-17)23-27(36)32(3)38-28(23)37-4)13-22(33)24(30-16)26(35)31-21-7-5-6-19(12-21)25(34)29-2/h5-15H,1-4H3,(H,29,34)(H,31,35). The molecule has 0 fully saturated rings.